The van der Waals surface area contributed by atoms with Gasteiger partial charge in [-0.05, 0) is 37.8 Å². The first-order chi connectivity index (χ1) is 14.5. The number of carbonyl (C=O) groups is 1. The monoisotopic (exact) mass is 413 g/mol. The Hall–Kier alpha value is -1.92. The molecule has 1 aliphatic carbocycles. The van der Waals surface area contributed by atoms with Crippen molar-refractivity contribution in [3.05, 3.63) is 39.8 Å². The highest BCUT2D eigenvalue weighted by atomic mass is 16.3. The summed E-state index contributed by atoms with van der Waals surface area (Å²) in [5.41, 5.74) is 1.61. The molecule has 1 saturated carbocycles. The second-order valence-electron chi connectivity index (χ2n) is 9.45. The lowest BCUT2D eigenvalue weighted by Crippen LogP contribution is -2.48. The molecule has 1 N–H and O–H groups in total. The van der Waals surface area contributed by atoms with Crippen molar-refractivity contribution in [3.63, 3.8) is 0 Å². The second kappa shape index (κ2) is 8.67. The molecule has 0 aromatic carbocycles. The van der Waals surface area contributed by atoms with Gasteiger partial charge < -0.3 is 14.6 Å². The summed E-state index contributed by atoms with van der Waals surface area (Å²) >= 11 is 0. The van der Waals surface area contributed by atoms with E-state index in [2.05, 4.69) is 4.90 Å². The number of rotatable bonds is 5. The average Bonchev–Trinajstić information content (AvgIpc) is 2.94. The van der Waals surface area contributed by atoms with Crippen molar-refractivity contribution >= 4 is 12.0 Å². The van der Waals surface area contributed by atoms with Crippen LogP contribution in [0.3, 0.4) is 0 Å². The molecule has 1 aromatic heterocycles. The van der Waals surface area contributed by atoms with E-state index < -0.39 is 0 Å². The standard InChI is InChI=1S/C24H35N3O3/c1-4-8-17-11-12-19-22-21(24(30)25(2)3)18(15-28)20(14-27(19)23(17)29)26(22)13-16-9-6-5-7-10-16/h4,8,11-12,16,18,20-22,28H,5-7,9-10,13-15H2,1-3H3/b8-4+/t18-,20-,21+,22+/m1/s1. The molecule has 3 heterocycles. The Morgan fingerprint density at radius 3 is 2.60 bits per heavy atom. The van der Waals surface area contributed by atoms with Crippen LogP contribution < -0.4 is 5.56 Å². The number of aromatic nitrogens is 1. The summed E-state index contributed by atoms with van der Waals surface area (Å²) in [7, 11) is 3.57. The summed E-state index contributed by atoms with van der Waals surface area (Å²) in [4.78, 5) is 30.5. The average molecular weight is 414 g/mol. The third-order valence-corrected chi connectivity index (χ3v) is 7.47. The Kier molecular flexibility index (Phi) is 6.16. The van der Waals surface area contributed by atoms with Crippen LogP contribution in [0.5, 0.6) is 0 Å². The number of allylic oxidation sites excluding steroid dienone is 1. The molecule has 4 rings (SSSR count). The molecule has 1 aromatic rings. The van der Waals surface area contributed by atoms with Gasteiger partial charge in [0.25, 0.3) is 5.56 Å². The lowest BCUT2D eigenvalue weighted by molar-refractivity contribution is -0.135. The molecule has 2 aliphatic heterocycles. The fourth-order valence-electron chi connectivity index (χ4n) is 6.04. The highest BCUT2D eigenvalue weighted by molar-refractivity contribution is 5.80. The van der Waals surface area contributed by atoms with E-state index in [0.29, 0.717) is 18.0 Å². The van der Waals surface area contributed by atoms with Gasteiger partial charge in [-0.1, -0.05) is 31.4 Å². The van der Waals surface area contributed by atoms with Crippen LogP contribution in [0.15, 0.2) is 23.0 Å². The first kappa shape index (κ1) is 21.3. The topological polar surface area (TPSA) is 65.8 Å². The van der Waals surface area contributed by atoms with Crippen molar-refractivity contribution < 1.29 is 9.90 Å². The predicted octanol–water partition coefficient (Wildman–Crippen LogP) is 2.51. The Morgan fingerprint density at radius 1 is 1.23 bits per heavy atom. The van der Waals surface area contributed by atoms with Crippen molar-refractivity contribution in [2.24, 2.45) is 17.8 Å². The molecule has 164 valence electrons. The summed E-state index contributed by atoms with van der Waals surface area (Å²) < 4.78 is 1.87. The van der Waals surface area contributed by atoms with Gasteiger partial charge in [-0.2, -0.15) is 0 Å². The van der Waals surface area contributed by atoms with Gasteiger partial charge in [0, 0.05) is 57.0 Å². The predicted molar refractivity (Wildman–Crippen MR) is 118 cm³/mol. The van der Waals surface area contributed by atoms with E-state index in [9.17, 15) is 14.7 Å². The van der Waals surface area contributed by atoms with Gasteiger partial charge in [-0.15, -0.1) is 0 Å². The number of aliphatic hydroxyl groups excluding tert-OH is 1. The SMILES string of the molecule is C/C=C/c1ccc2n(c1=O)C[C@@H]1[C@@H](CO)[C@H](C(=O)N(C)C)[C@H]2N1CC1CCCCC1. The lowest BCUT2D eigenvalue weighted by Gasteiger charge is -2.40. The number of pyridine rings is 1. The van der Waals surface area contributed by atoms with Crippen LogP contribution in [0, 0.1) is 17.8 Å². The number of nitrogens with zero attached hydrogens (tertiary/aromatic N) is 3. The Balaban J connectivity index is 1.79. The first-order valence-corrected chi connectivity index (χ1v) is 11.4. The van der Waals surface area contributed by atoms with E-state index in [-0.39, 0.29) is 42.0 Å². The first-order valence-electron chi connectivity index (χ1n) is 11.4. The number of amides is 1. The van der Waals surface area contributed by atoms with Crippen LogP contribution in [-0.2, 0) is 11.3 Å². The van der Waals surface area contributed by atoms with Crippen LogP contribution in [-0.4, -0.2) is 58.7 Å². The minimum absolute atomic E-state index is 0.00700. The highest BCUT2D eigenvalue weighted by Gasteiger charge is 2.56. The molecule has 4 atom stereocenters. The third kappa shape index (κ3) is 3.54. The number of aliphatic hydroxyl groups is 1. The molecule has 0 unspecified atom stereocenters. The van der Waals surface area contributed by atoms with E-state index in [1.165, 1.54) is 32.1 Å². The van der Waals surface area contributed by atoms with Crippen LogP contribution in [0.2, 0.25) is 0 Å². The molecular weight excluding hydrogens is 378 g/mol. The van der Waals surface area contributed by atoms with Gasteiger partial charge in [0.15, 0.2) is 0 Å². The molecule has 1 amide bonds. The summed E-state index contributed by atoms with van der Waals surface area (Å²) in [6, 6.07) is 3.78. The van der Waals surface area contributed by atoms with Crippen molar-refractivity contribution in [2.45, 2.75) is 57.7 Å². The quantitative estimate of drug-likeness (QED) is 0.806. The zero-order chi connectivity index (χ0) is 21.4. The van der Waals surface area contributed by atoms with Gasteiger partial charge in [0.05, 0.1) is 12.0 Å². The Morgan fingerprint density at radius 2 is 1.97 bits per heavy atom. The van der Waals surface area contributed by atoms with Gasteiger partial charge >= 0.3 is 0 Å². The number of fused-ring (bicyclic) bond motifs is 4. The van der Waals surface area contributed by atoms with E-state index >= 15 is 0 Å². The zero-order valence-electron chi connectivity index (χ0n) is 18.5. The third-order valence-electron chi connectivity index (χ3n) is 7.47. The molecule has 0 radical (unpaired) electrons. The summed E-state index contributed by atoms with van der Waals surface area (Å²) in [6.45, 7) is 3.38. The van der Waals surface area contributed by atoms with E-state index in [1.54, 1.807) is 19.0 Å². The molecule has 0 spiro atoms. The Bertz CT molecular complexity index is 869. The fourth-order valence-corrected chi connectivity index (χ4v) is 6.04. The molecule has 3 aliphatic rings. The minimum Gasteiger partial charge on any atom is -0.396 e. The number of hydrogen-bond acceptors (Lipinski definition) is 4. The minimum atomic E-state index is -0.320. The van der Waals surface area contributed by atoms with Crippen LogP contribution in [0.25, 0.3) is 6.08 Å². The smallest absolute Gasteiger partial charge is 0.258 e. The van der Waals surface area contributed by atoms with Crippen LogP contribution >= 0.6 is 0 Å². The maximum Gasteiger partial charge on any atom is 0.258 e. The van der Waals surface area contributed by atoms with Gasteiger partial charge in [-0.3, -0.25) is 14.5 Å². The Labute approximate surface area is 179 Å². The van der Waals surface area contributed by atoms with Crippen molar-refractivity contribution in [3.8, 4) is 0 Å². The van der Waals surface area contributed by atoms with E-state index in [4.69, 9.17) is 0 Å². The largest absolute Gasteiger partial charge is 0.396 e. The maximum atomic E-state index is 13.2. The van der Waals surface area contributed by atoms with Gasteiger partial charge in [0.2, 0.25) is 5.91 Å². The normalized spacial score (nSPS) is 29.3. The number of carbonyl (C=O) groups excluding carboxylic acids is 1. The molecule has 2 bridgehead atoms. The molecular formula is C24H35N3O3. The van der Waals surface area contributed by atoms with E-state index in [1.807, 2.05) is 35.8 Å². The summed E-state index contributed by atoms with van der Waals surface area (Å²) in [5.74, 6) is 0.211. The fraction of sp³-hybridized carbons (Fsp3) is 0.667. The van der Waals surface area contributed by atoms with Crippen LogP contribution in [0.1, 0.15) is 56.3 Å². The van der Waals surface area contributed by atoms with Gasteiger partial charge in [0.1, 0.15) is 0 Å². The zero-order valence-corrected chi connectivity index (χ0v) is 18.5. The van der Waals surface area contributed by atoms with Crippen molar-refractivity contribution in [2.75, 3.05) is 27.2 Å². The lowest BCUT2D eigenvalue weighted by atomic mass is 9.86. The van der Waals surface area contributed by atoms with Crippen molar-refractivity contribution in [1.82, 2.24) is 14.4 Å². The molecule has 6 nitrogen and oxygen atoms in total. The second-order valence-corrected chi connectivity index (χ2v) is 9.45. The van der Waals surface area contributed by atoms with Crippen LogP contribution in [0.4, 0.5) is 0 Å². The highest BCUT2D eigenvalue weighted by Crippen LogP contribution is 2.49. The maximum absolute atomic E-state index is 13.2. The van der Waals surface area contributed by atoms with Gasteiger partial charge in [-0.25, -0.2) is 0 Å². The number of hydrogen-bond donors (Lipinski definition) is 1. The van der Waals surface area contributed by atoms with Crippen molar-refractivity contribution in [1.29, 1.82) is 0 Å². The molecule has 1 saturated heterocycles. The molecule has 30 heavy (non-hydrogen) atoms. The molecule has 2 fully saturated rings. The summed E-state index contributed by atoms with van der Waals surface area (Å²) in [6.07, 6.45) is 10.1. The molecule has 6 heteroatoms. The summed E-state index contributed by atoms with van der Waals surface area (Å²) in [5, 5.41) is 10.3. The van der Waals surface area contributed by atoms with E-state index in [0.717, 1.165) is 12.2 Å².